The van der Waals surface area contributed by atoms with Gasteiger partial charge in [0.15, 0.2) is 9.84 Å². The Morgan fingerprint density at radius 2 is 1.82 bits per heavy atom. The molecular formula is C16H22N2O3S. The summed E-state index contributed by atoms with van der Waals surface area (Å²) in [5, 5.41) is 4.02. The molecule has 2 rings (SSSR count). The van der Waals surface area contributed by atoms with Crippen LogP contribution < -0.4 is 4.74 Å². The van der Waals surface area contributed by atoms with Crippen molar-refractivity contribution in [2.45, 2.75) is 37.6 Å². The summed E-state index contributed by atoms with van der Waals surface area (Å²) in [5.74, 6) is 0.795. The molecule has 0 amide bonds. The molecule has 0 aliphatic carbocycles. The molecule has 5 nitrogen and oxygen atoms in total. The van der Waals surface area contributed by atoms with E-state index in [1.165, 1.54) is 24.2 Å². The monoisotopic (exact) mass is 322 g/mol. The highest BCUT2D eigenvalue weighted by Crippen LogP contribution is 2.24. The fourth-order valence-electron chi connectivity index (χ4n) is 1.97. The molecule has 6 heteroatoms. The maximum atomic E-state index is 11.4. The molecule has 1 heterocycles. The van der Waals surface area contributed by atoms with Gasteiger partial charge in [-0.3, -0.25) is 4.68 Å². The topological polar surface area (TPSA) is 61.2 Å². The Labute approximate surface area is 131 Å². The van der Waals surface area contributed by atoms with Crippen LogP contribution in [0.4, 0.5) is 0 Å². The van der Waals surface area contributed by atoms with E-state index in [0.29, 0.717) is 13.2 Å². The number of aromatic nitrogens is 2. The Bertz CT molecular complexity index is 725. The summed E-state index contributed by atoms with van der Waals surface area (Å²) in [4.78, 5) is 0.224. The van der Waals surface area contributed by atoms with Crippen LogP contribution in [0.15, 0.2) is 41.6 Å². The lowest BCUT2D eigenvalue weighted by molar-refractivity contribution is 0.291. The zero-order valence-electron chi connectivity index (χ0n) is 13.4. The van der Waals surface area contributed by atoms with Gasteiger partial charge in [-0.2, -0.15) is 5.10 Å². The summed E-state index contributed by atoms with van der Waals surface area (Å²) in [5.41, 5.74) is 1.38. The first-order valence-corrected chi connectivity index (χ1v) is 9.01. The van der Waals surface area contributed by atoms with Gasteiger partial charge < -0.3 is 4.74 Å². The Balaban J connectivity index is 1.90. The number of benzene rings is 1. The fourth-order valence-corrected chi connectivity index (χ4v) is 2.52. The molecule has 1 aromatic carbocycles. The predicted octanol–water partition coefficient (Wildman–Crippen LogP) is 2.66. The van der Waals surface area contributed by atoms with E-state index in [1.807, 2.05) is 12.1 Å². The van der Waals surface area contributed by atoms with Crippen molar-refractivity contribution < 1.29 is 13.2 Å². The summed E-state index contributed by atoms with van der Waals surface area (Å²) < 4.78 is 30.0. The molecule has 0 radical (unpaired) electrons. The molecule has 1 aromatic heterocycles. The van der Waals surface area contributed by atoms with E-state index < -0.39 is 9.84 Å². The van der Waals surface area contributed by atoms with Gasteiger partial charge in [0.1, 0.15) is 17.3 Å². The SMILES string of the molecule is CC(C)(C)c1ccc(OCCn2cc(S(C)(=O)=O)cn2)cc1. The second kappa shape index (κ2) is 6.12. The molecule has 0 spiro atoms. The molecule has 0 N–H and O–H groups in total. The molecule has 0 aliphatic heterocycles. The third-order valence-corrected chi connectivity index (χ3v) is 4.41. The Kier molecular flexibility index (Phi) is 4.60. The van der Waals surface area contributed by atoms with Crippen molar-refractivity contribution in [2.24, 2.45) is 0 Å². The van der Waals surface area contributed by atoms with Crippen LogP contribution in [0.2, 0.25) is 0 Å². The summed E-state index contributed by atoms with van der Waals surface area (Å²) in [7, 11) is -3.20. The van der Waals surface area contributed by atoms with Gasteiger partial charge in [0.05, 0.1) is 12.7 Å². The largest absolute Gasteiger partial charge is 0.492 e. The average molecular weight is 322 g/mol. The van der Waals surface area contributed by atoms with Crippen LogP contribution >= 0.6 is 0 Å². The second-order valence-corrected chi connectivity index (χ2v) is 8.35. The normalized spacial score (nSPS) is 12.4. The molecule has 0 bridgehead atoms. The van der Waals surface area contributed by atoms with E-state index in [0.717, 1.165) is 5.75 Å². The Hall–Kier alpha value is -1.82. The summed E-state index contributed by atoms with van der Waals surface area (Å²) in [6.45, 7) is 7.43. The predicted molar refractivity (Wildman–Crippen MR) is 86.0 cm³/mol. The van der Waals surface area contributed by atoms with Crippen molar-refractivity contribution in [2.75, 3.05) is 12.9 Å². The Morgan fingerprint density at radius 1 is 1.18 bits per heavy atom. The molecule has 0 atom stereocenters. The zero-order chi connectivity index (χ0) is 16.4. The van der Waals surface area contributed by atoms with Crippen molar-refractivity contribution in [1.29, 1.82) is 0 Å². The highest BCUT2D eigenvalue weighted by molar-refractivity contribution is 7.90. The van der Waals surface area contributed by atoms with E-state index in [9.17, 15) is 8.42 Å². The zero-order valence-corrected chi connectivity index (χ0v) is 14.2. The number of ether oxygens (including phenoxy) is 1. The van der Waals surface area contributed by atoms with Crippen LogP contribution in [0.25, 0.3) is 0 Å². The van der Waals surface area contributed by atoms with E-state index >= 15 is 0 Å². The quantitative estimate of drug-likeness (QED) is 0.849. The minimum atomic E-state index is -3.20. The summed E-state index contributed by atoms with van der Waals surface area (Å²) >= 11 is 0. The highest BCUT2D eigenvalue weighted by atomic mass is 32.2. The summed E-state index contributed by atoms with van der Waals surface area (Å²) in [6, 6.07) is 8.02. The van der Waals surface area contributed by atoms with Gasteiger partial charge in [-0.15, -0.1) is 0 Å². The van der Waals surface area contributed by atoms with Crippen LogP contribution in [0, 0.1) is 0 Å². The van der Waals surface area contributed by atoms with Gasteiger partial charge >= 0.3 is 0 Å². The highest BCUT2D eigenvalue weighted by Gasteiger charge is 2.13. The Morgan fingerprint density at radius 3 is 2.32 bits per heavy atom. The van der Waals surface area contributed by atoms with Crippen molar-refractivity contribution in [1.82, 2.24) is 9.78 Å². The van der Waals surface area contributed by atoms with Crippen LogP contribution in [-0.2, 0) is 21.8 Å². The fraction of sp³-hybridized carbons (Fsp3) is 0.438. The molecule has 0 saturated carbocycles. The van der Waals surface area contributed by atoms with Crippen LogP contribution in [0.3, 0.4) is 0 Å². The van der Waals surface area contributed by atoms with Gasteiger partial charge in [0.2, 0.25) is 0 Å². The van der Waals surface area contributed by atoms with E-state index in [1.54, 1.807) is 4.68 Å². The van der Waals surface area contributed by atoms with Gasteiger partial charge in [-0.05, 0) is 23.1 Å². The van der Waals surface area contributed by atoms with Crippen LogP contribution in [0.5, 0.6) is 5.75 Å². The van der Waals surface area contributed by atoms with Crippen LogP contribution in [-0.4, -0.2) is 31.1 Å². The molecule has 120 valence electrons. The van der Waals surface area contributed by atoms with Gasteiger partial charge in [-0.25, -0.2) is 8.42 Å². The lowest BCUT2D eigenvalue weighted by atomic mass is 9.87. The van der Waals surface area contributed by atoms with Crippen molar-refractivity contribution in [3.63, 3.8) is 0 Å². The van der Waals surface area contributed by atoms with Gasteiger partial charge in [-0.1, -0.05) is 32.9 Å². The molecule has 0 unspecified atom stereocenters. The molecule has 2 aromatic rings. The molecular weight excluding hydrogens is 300 g/mol. The first kappa shape index (κ1) is 16.5. The van der Waals surface area contributed by atoms with Crippen molar-refractivity contribution in [3.8, 4) is 5.75 Å². The molecule has 0 aliphatic rings. The van der Waals surface area contributed by atoms with E-state index in [4.69, 9.17) is 4.74 Å². The minimum Gasteiger partial charge on any atom is -0.492 e. The number of rotatable bonds is 5. The smallest absolute Gasteiger partial charge is 0.178 e. The van der Waals surface area contributed by atoms with Crippen molar-refractivity contribution in [3.05, 3.63) is 42.2 Å². The minimum absolute atomic E-state index is 0.121. The number of hydrogen-bond donors (Lipinski definition) is 0. The lowest BCUT2D eigenvalue weighted by Crippen LogP contribution is -2.11. The van der Waals surface area contributed by atoms with E-state index in [2.05, 4.69) is 38.0 Å². The third-order valence-electron chi connectivity index (χ3n) is 3.35. The summed E-state index contributed by atoms with van der Waals surface area (Å²) in [6.07, 6.45) is 4.04. The number of hydrogen-bond acceptors (Lipinski definition) is 4. The number of sulfone groups is 1. The first-order valence-electron chi connectivity index (χ1n) is 7.12. The van der Waals surface area contributed by atoms with E-state index in [-0.39, 0.29) is 10.3 Å². The molecule has 0 saturated heterocycles. The molecule has 0 fully saturated rings. The third kappa shape index (κ3) is 4.34. The average Bonchev–Trinajstić information content (AvgIpc) is 2.87. The van der Waals surface area contributed by atoms with Gasteiger partial charge in [0, 0.05) is 12.5 Å². The van der Waals surface area contributed by atoms with Crippen molar-refractivity contribution >= 4 is 9.84 Å². The second-order valence-electron chi connectivity index (χ2n) is 6.33. The lowest BCUT2D eigenvalue weighted by Gasteiger charge is -2.19. The molecule has 22 heavy (non-hydrogen) atoms. The standard InChI is InChI=1S/C16H22N2O3S/c1-16(2,3)13-5-7-14(8-6-13)21-10-9-18-12-15(11-17-18)22(4,19)20/h5-8,11-12H,9-10H2,1-4H3. The van der Waals surface area contributed by atoms with Gasteiger partial charge in [0.25, 0.3) is 0 Å². The maximum absolute atomic E-state index is 11.4. The van der Waals surface area contributed by atoms with Crippen LogP contribution in [0.1, 0.15) is 26.3 Å². The maximum Gasteiger partial charge on any atom is 0.178 e. The number of nitrogens with zero attached hydrogens (tertiary/aromatic N) is 2. The first-order chi connectivity index (χ1) is 10.2.